The zero-order chi connectivity index (χ0) is 19.6. The molecule has 2 aromatic carbocycles. The molecule has 0 aliphatic heterocycles. The third-order valence-corrected chi connectivity index (χ3v) is 3.93. The van der Waals surface area contributed by atoms with E-state index in [0.29, 0.717) is 35.8 Å². The van der Waals surface area contributed by atoms with Crippen molar-refractivity contribution in [3.63, 3.8) is 0 Å². The Hall–Kier alpha value is -3.02. The van der Waals surface area contributed by atoms with Crippen molar-refractivity contribution in [1.82, 2.24) is 0 Å². The van der Waals surface area contributed by atoms with Crippen LogP contribution in [0.15, 0.2) is 42.5 Å². The van der Waals surface area contributed by atoms with Crippen molar-refractivity contribution >= 4 is 11.8 Å². The van der Waals surface area contributed by atoms with E-state index in [4.69, 9.17) is 18.9 Å². The molecule has 2 rings (SSSR count). The number of methoxy groups -OCH3 is 2. The van der Waals surface area contributed by atoms with Crippen LogP contribution in [0.1, 0.15) is 29.3 Å². The lowest BCUT2D eigenvalue weighted by molar-refractivity contribution is -0.142. The summed E-state index contributed by atoms with van der Waals surface area (Å²) in [6, 6.07) is 12.2. The van der Waals surface area contributed by atoms with Crippen molar-refractivity contribution in [1.29, 1.82) is 0 Å². The maximum absolute atomic E-state index is 12.1. The van der Waals surface area contributed by atoms with Gasteiger partial charge in [0.05, 0.1) is 20.8 Å². The average molecular weight is 372 g/mol. The number of benzene rings is 2. The number of hydrogen-bond donors (Lipinski definition) is 0. The van der Waals surface area contributed by atoms with Crippen LogP contribution in [-0.4, -0.2) is 39.2 Å². The van der Waals surface area contributed by atoms with Crippen LogP contribution in [0.3, 0.4) is 0 Å². The number of Topliss-reactive ketones (excluding diaryl/α,β-unsaturated/α-hetero) is 1. The van der Waals surface area contributed by atoms with Gasteiger partial charge in [-0.3, -0.25) is 9.59 Å². The van der Waals surface area contributed by atoms with E-state index in [1.807, 2.05) is 19.1 Å². The predicted octanol–water partition coefficient (Wildman–Crippen LogP) is 3.46. The van der Waals surface area contributed by atoms with Crippen LogP contribution in [0.5, 0.6) is 17.2 Å². The fraction of sp³-hybridized carbons (Fsp3) is 0.333. The Balaban J connectivity index is 1.85. The Morgan fingerprint density at radius 3 is 2.33 bits per heavy atom. The van der Waals surface area contributed by atoms with Crippen LogP contribution in [0, 0.1) is 0 Å². The predicted molar refractivity (Wildman–Crippen MR) is 101 cm³/mol. The second kappa shape index (κ2) is 10.2. The molecule has 6 nitrogen and oxygen atoms in total. The molecular weight excluding hydrogens is 348 g/mol. The van der Waals surface area contributed by atoms with Crippen LogP contribution >= 0.6 is 0 Å². The molecule has 27 heavy (non-hydrogen) atoms. The highest BCUT2D eigenvalue weighted by Crippen LogP contribution is 2.31. The number of para-hydroxylation sites is 1. The van der Waals surface area contributed by atoms with E-state index in [2.05, 4.69) is 0 Å². The molecule has 0 saturated carbocycles. The highest BCUT2D eigenvalue weighted by molar-refractivity contribution is 5.98. The van der Waals surface area contributed by atoms with Gasteiger partial charge in [0.15, 0.2) is 23.9 Å². The van der Waals surface area contributed by atoms with E-state index in [-0.39, 0.29) is 18.8 Å². The topological polar surface area (TPSA) is 71.1 Å². The molecule has 0 spiro atoms. The molecule has 0 fully saturated rings. The van der Waals surface area contributed by atoms with Gasteiger partial charge in [-0.05, 0) is 49.2 Å². The van der Waals surface area contributed by atoms with E-state index in [1.54, 1.807) is 44.6 Å². The summed E-state index contributed by atoms with van der Waals surface area (Å²) in [5.74, 6) is 1.19. The molecule has 0 N–H and O–H groups in total. The van der Waals surface area contributed by atoms with E-state index in [0.717, 1.165) is 5.56 Å². The maximum Gasteiger partial charge on any atom is 0.306 e. The summed E-state index contributed by atoms with van der Waals surface area (Å²) in [6.07, 6.45) is 0.566. The van der Waals surface area contributed by atoms with Gasteiger partial charge in [0.2, 0.25) is 0 Å². The molecule has 0 bridgehead atoms. The van der Waals surface area contributed by atoms with Gasteiger partial charge in [-0.2, -0.15) is 0 Å². The number of esters is 1. The zero-order valence-corrected chi connectivity index (χ0v) is 15.8. The largest absolute Gasteiger partial charge is 0.494 e. The summed E-state index contributed by atoms with van der Waals surface area (Å²) in [6.45, 7) is 2.16. The summed E-state index contributed by atoms with van der Waals surface area (Å²) >= 11 is 0. The molecule has 6 heteroatoms. The third-order valence-electron chi connectivity index (χ3n) is 3.93. The molecule has 0 aromatic heterocycles. The van der Waals surface area contributed by atoms with Gasteiger partial charge in [0.25, 0.3) is 0 Å². The van der Waals surface area contributed by atoms with Crippen LogP contribution < -0.4 is 14.2 Å². The van der Waals surface area contributed by atoms with Gasteiger partial charge >= 0.3 is 5.97 Å². The minimum absolute atomic E-state index is 0.139. The standard InChI is InChI=1S/C21H24O6/c1-4-26-17-11-8-15(9-12-17)18(22)14-27-20(23)13-10-16-6-5-7-19(24-2)21(16)25-3/h5-9,11-12H,4,10,13-14H2,1-3H3. The molecule has 0 heterocycles. The molecule has 0 radical (unpaired) electrons. The summed E-state index contributed by atoms with van der Waals surface area (Å²) < 4.78 is 21.0. The number of ketones is 1. The van der Waals surface area contributed by atoms with E-state index in [1.165, 1.54) is 0 Å². The highest BCUT2D eigenvalue weighted by Gasteiger charge is 2.13. The second-order valence-electron chi connectivity index (χ2n) is 5.69. The first kappa shape index (κ1) is 20.3. The maximum atomic E-state index is 12.1. The van der Waals surface area contributed by atoms with Gasteiger partial charge in [0, 0.05) is 12.0 Å². The smallest absolute Gasteiger partial charge is 0.306 e. The Labute approximate surface area is 159 Å². The van der Waals surface area contributed by atoms with Gasteiger partial charge in [-0.25, -0.2) is 0 Å². The molecule has 0 amide bonds. The molecule has 0 saturated heterocycles. The summed E-state index contributed by atoms with van der Waals surface area (Å²) in [7, 11) is 3.11. The van der Waals surface area contributed by atoms with Crippen molar-refractivity contribution < 1.29 is 28.5 Å². The monoisotopic (exact) mass is 372 g/mol. The fourth-order valence-corrected chi connectivity index (χ4v) is 2.59. The lowest BCUT2D eigenvalue weighted by atomic mass is 10.1. The zero-order valence-electron chi connectivity index (χ0n) is 15.8. The Kier molecular flexibility index (Phi) is 7.67. The van der Waals surface area contributed by atoms with Gasteiger partial charge in [0.1, 0.15) is 5.75 Å². The Morgan fingerprint density at radius 2 is 1.70 bits per heavy atom. The number of aryl methyl sites for hydroxylation is 1. The van der Waals surface area contributed by atoms with Crippen LogP contribution in [0.2, 0.25) is 0 Å². The number of ether oxygens (including phenoxy) is 4. The van der Waals surface area contributed by atoms with Crippen molar-refractivity contribution in [3.8, 4) is 17.2 Å². The number of carbonyl (C=O) groups excluding carboxylic acids is 2. The SMILES string of the molecule is CCOc1ccc(C(=O)COC(=O)CCc2cccc(OC)c2OC)cc1. The lowest BCUT2D eigenvalue weighted by Crippen LogP contribution is -2.14. The van der Waals surface area contributed by atoms with E-state index in [9.17, 15) is 9.59 Å². The Bertz CT molecular complexity index is 767. The molecule has 2 aromatic rings. The number of carbonyl (C=O) groups is 2. The summed E-state index contributed by atoms with van der Waals surface area (Å²) in [4.78, 5) is 24.1. The molecule has 0 unspecified atom stereocenters. The first-order valence-electron chi connectivity index (χ1n) is 8.70. The minimum atomic E-state index is -0.445. The summed E-state index contributed by atoms with van der Waals surface area (Å²) in [5, 5.41) is 0. The molecule has 0 atom stereocenters. The van der Waals surface area contributed by atoms with Gasteiger partial charge in [-0.15, -0.1) is 0 Å². The summed E-state index contributed by atoms with van der Waals surface area (Å²) in [5.41, 5.74) is 1.31. The van der Waals surface area contributed by atoms with Crippen LogP contribution in [0.25, 0.3) is 0 Å². The number of hydrogen-bond acceptors (Lipinski definition) is 6. The second-order valence-corrected chi connectivity index (χ2v) is 5.69. The van der Waals surface area contributed by atoms with Gasteiger partial charge in [-0.1, -0.05) is 12.1 Å². The third kappa shape index (κ3) is 5.74. The molecule has 0 aliphatic carbocycles. The van der Waals surface area contributed by atoms with Crippen molar-refractivity contribution in [2.24, 2.45) is 0 Å². The minimum Gasteiger partial charge on any atom is -0.494 e. The Morgan fingerprint density at radius 1 is 0.963 bits per heavy atom. The van der Waals surface area contributed by atoms with Crippen LogP contribution in [-0.2, 0) is 16.0 Å². The van der Waals surface area contributed by atoms with Crippen LogP contribution in [0.4, 0.5) is 0 Å². The first-order chi connectivity index (χ1) is 13.1. The first-order valence-corrected chi connectivity index (χ1v) is 8.70. The average Bonchev–Trinajstić information content (AvgIpc) is 2.70. The van der Waals surface area contributed by atoms with Crippen molar-refractivity contribution in [2.45, 2.75) is 19.8 Å². The number of rotatable bonds is 10. The normalized spacial score (nSPS) is 10.2. The fourth-order valence-electron chi connectivity index (χ4n) is 2.59. The quantitative estimate of drug-likeness (QED) is 0.470. The molecular formula is C21H24O6. The lowest BCUT2D eigenvalue weighted by Gasteiger charge is -2.12. The highest BCUT2D eigenvalue weighted by atomic mass is 16.5. The van der Waals surface area contributed by atoms with Crippen molar-refractivity contribution in [3.05, 3.63) is 53.6 Å². The van der Waals surface area contributed by atoms with E-state index < -0.39 is 5.97 Å². The van der Waals surface area contributed by atoms with Crippen molar-refractivity contribution in [2.75, 3.05) is 27.4 Å². The van der Waals surface area contributed by atoms with Gasteiger partial charge < -0.3 is 18.9 Å². The van der Waals surface area contributed by atoms with E-state index >= 15 is 0 Å². The molecule has 0 aliphatic rings. The molecule has 144 valence electrons.